The van der Waals surface area contributed by atoms with E-state index >= 15 is 0 Å². The highest BCUT2D eigenvalue weighted by Gasteiger charge is 2.40. The van der Waals surface area contributed by atoms with Crippen molar-refractivity contribution in [3.63, 3.8) is 0 Å². The molecule has 130 valence electrons. The zero-order chi connectivity index (χ0) is 17.3. The predicted octanol–water partition coefficient (Wildman–Crippen LogP) is 3.40. The highest BCUT2D eigenvalue weighted by Crippen LogP contribution is 2.33. The third-order valence-corrected chi connectivity index (χ3v) is 5.18. The lowest BCUT2D eigenvalue weighted by molar-refractivity contribution is -0.115. The standard InChI is InChI=1S/C20H24N4O/c1-2-6-17-21-13-14-24(17)16-9-7-15(8-10-16)18-19(25)23-20(22-18)11-4-3-5-12-20/h7-10,13-14H,2-6,11-12H2,1H3,(H,23,25). The van der Waals surface area contributed by atoms with Crippen molar-refractivity contribution in [1.82, 2.24) is 14.9 Å². The van der Waals surface area contributed by atoms with Crippen LogP contribution in [-0.2, 0) is 11.2 Å². The molecule has 1 amide bonds. The number of rotatable bonds is 4. The van der Waals surface area contributed by atoms with Gasteiger partial charge in [-0.05, 0) is 44.2 Å². The summed E-state index contributed by atoms with van der Waals surface area (Å²) in [6.45, 7) is 2.15. The lowest BCUT2D eigenvalue weighted by Gasteiger charge is -2.30. The van der Waals surface area contributed by atoms with Crippen LogP contribution in [0.4, 0.5) is 0 Å². The van der Waals surface area contributed by atoms with Gasteiger partial charge in [-0.1, -0.05) is 25.5 Å². The molecule has 1 saturated carbocycles. The molecule has 0 atom stereocenters. The molecule has 1 spiro atoms. The molecule has 1 aliphatic carbocycles. The number of imidazole rings is 1. The fourth-order valence-corrected chi connectivity index (χ4v) is 3.89. The molecule has 1 aromatic heterocycles. The maximum Gasteiger partial charge on any atom is 0.272 e. The first kappa shape index (κ1) is 16.1. The lowest BCUT2D eigenvalue weighted by atomic mass is 9.90. The molecule has 0 radical (unpaired) electrons. The summed E-state index contributed by atoms with van der Waals surface area (Å²) in [5, 5.41) is 3.13. The molecule has 0 bridgehead atoms. The number of hydrogen-bond acceptors (Lipinski definition) is 3. The van der Waals surface area contributed by atoms with Crippen molar-refractivity contribution in [3.05, 3.63) is 48.0 Å². The van der Waals surface area contributed by atoms with Gasteiger partial charge in [0.15, 0.2) is 0 Å². The van der Waals surface area contributed by atoms with Crippen LogP contribution < -0.4 is 5.32 Å². The van der Waals surface area contributed by atoms with E-state index in [4.69, 9.17) is 4.99 Å². The number of aryl methyl sites for hydroxylation is 1. The van der Waals surface area contributed by atoms with E-state index in [0.717, 1.165) is 55.6 Å². The van der Waals surface area contributed by atoms with Crippen LogP contribution in [0.2, 0.25) is 0 Å². The van der Waals surface area contributed by atoms with Gasteiger partial charge in [0, 0.05) is 30.1 Å². The van der Waals surface area contributed by atoms with Crippen molar-refractivity contribution in [2.75, 3.05) is 0 Å². The summed E-state index contributed by atoms with van der Waals surface area (Å²) in [6.07, 6.45) is 11.2. The number of nitrogens with one attached hydrogen (secondary N) is 1. The number of amides is 1. The van der Waals surface area contributed by atoms with Crippen LogP contribution in [0.5, 0.6) is 0 Å². The smallest absolute Gasteiger partial charge is 0.272 e. The third-order valence-electron chi connectivity index (χ3n) is 5.18. The van der Waals surface area contributed by atoms with E-state index in [1.807, 2.05) is 36.7 Å². The Morgan fingerprint density at radius 2 is 1.92 bits per heavy atom. The second-order valence-electron chi connectivity index (χ2n) is 7.02. The monoisotopic (exact) mass is 336 g/mol. The molecule has 2 aromatic rings. The number of nitrogens with zero attached hydrogens (tertiary/aromatic N) is 3. The third kappa shape index (κ3) is 2.99. The maximum absolute atomic E-state index is 12.4. The van der Waals surface area contributed by atoms with Crippen molar-refractivity contribution in [2.45, 2.75) is 57.5 Å². The van der Waals surface area contributed by atoms with Gasteiger partial charge in [-0.15, -0.1) is 0 Å². The van der Waals surface area contributed by atoms with Gasteiger partial charge in [0.1, 0.15) is 17.2 Å². The van der Waals surface area contributed by atoms with Crippen molar-refractivity contribution in [1.29, 1.82) is 0 Å². The molecule has 2 heterocycles. The molecule has 1 N–H and O–H groups in total. The number of aliphatic imine (C=N–C) groups is 1. The minimum atomic E-state index is -0.345. The Morgan fingerprint density at radius 3 is 2.64 bits per heavy atom. The Balaban J connectivity index is 1.61. The van der Waals surface area contributed by atoms with E-state index in [9.17, 15) is 4.79 Å². The summed E-state index contributed by atoms with van der Waals surface area (Å²) in [5.74, 6) is 1.02. The fraction of sp³-hybridized carbons (Fsp3) is 0.450. The number of carbonyl (C=O) groups excluding carboxylic acids is 1. The van der Waals surface area contributed by atoms with Crippen molar-refractivity contribution < 1.29 is 4.79 Å². The Labute approximate surface area is 148 Å². The van der Waals surface area contributed by atoms with Gasteiger partial charge < -0.3 is 9.88 Å². The molecule has 2 aliphatic rings. The number of benzene rings is 1. The topological polar surface area (TPSA) is 59.3 Å². The highest BCUT2D eigenvalue weighted by atomic mass is 16.2. The molecule has 5 nitrogen and oxygen atoms in total. The normalized spacial score (nSPS) is 19.1. The molecular weight excluding hydrogens is 312 g/mol. The summed E-state index contributed by atoms with van der Waals surface area (Å²) in [7, 11) is 0. The number of aromatic nitrogens is 2. The molecular formula is C20H24N4O. The highest BCUT2D eigenvalue weighted by molar-refractivity contribution is 6.46. The number of hydrogen-bond donors (Lipinski definition) is 1. The van der Waals surface area contributed by atoms with Gasteiger partial charge in [0.25, 0.3) is 5.91 Å². The molecule has 1 aromatic carbocycles. The summed E-state index contributed by atoms with van der Waals surface area (Å²) >= 11 is 0. The second kappa shape index (κ2) is 6.47. The summed E-state index contributed by atoms with van der Waals surface area (Å²) in [5.41, 5.74) is 2.19. The van der Waals surface area contributed by atoms with Gasteiger partial charge in [-0.3, -0.25) is 9.79 Å². The number of carbonyl (C=O) groups is 1. The van der Waals surface area contributed by atoms with Crippen molar-refractivity contribution in [3.8, 4) is 5.69 Å². The zero-order valence-corrected chi connectivity index (χ0v) is 14.7. The van der Waals surface area contributed by atoms with Crippen molar-refractivity contribution >= 4 is 11.6 Å². The molecule has 1 aliphatic heterocycles. The average molecular weight is 336 g/mol. The van der Waals surface area contributed by atoms with Crippen LogP contribution in [0.25, 0.3) is 5.69 Å². The van der Waals surface area contributed by atoms with Gasteiger partial charge >= 0.3 is 0 Å². The molecule has 1 fully saturated rings. The molecule has 5 heteroatoms. The molecule has 4 rings (SSSR count). The van der Waals surface area contributed by atoms with E-state index in [-0.39, 0.29) is 11.6 Å². The first-order chi connectivity index (χ1) is 12.2. The van der Waals surface area contributed by atoms with Crippen LogP contribution in [0.1, 0.15) is 56.8 Å². The first-order valence-corrected chi connectivity index (χ1v) is 9.26. The van der Waals surface area contributed by atoms with E-state index < -0.39 is 0 Å². The SMILES string of the molecule is CCCc1nccn1-c1ccc(C2=NC3(CCCCC3)NC2=O)cc1. The van der Waals surface area contributed by atoms with Crippen LogP contribution in [0.3, 0.4) is 0 Å². The predicted molar refractivity (Wildman–Crippen MR) is 98.1 cm³/mol. The molecule has 25 heavy (non-hydrogen) atoms. The summed E-state index contributed by atoms with van der Waals surface area (Å²) in [6, 6.07) is 8.06. The zero-order valence-electron chi connectivity index (χ0n) is 14.7. The fourth-order valence-electron chi connectivity index (χ4n) is 3.89. The summed E-state index contributed by atoms with van der Waals surface area (Å²) < 4.78 is 2.10. The summed E-state index contributed by atoms with van der Waals surface area (Å²) in [4.78, 5) is 21.7. The maximum atomic E-state index is 12.4. The Hall–Kier alpha value is -2.43. The van der Waals surface area contributed by atoms with E-state index in [1.165, 1.54) is 6.42 Å². The van der Waals surface area contributed by atoms with Crippen molar-refractivity contribution in [2.24, 2.45) is 4.99 Å². The van der Waals surface area contributed by atoms with Gasteiger partial charge in [0.05, 0.1) is 0 Å². The van der Waals surface area contributed by atoms with E-state index in [1.54, 1.807) is 0 Å². The second-order valence-corrected chi connectivity index (χ2v) is 7.02. The molecule has 0 saturated heterocycles. The minimum absolute atomic E-state index is 0.0380. The average Bonchev–Trinajstić information content (AvgIpc) is 3.21. The van der Waals surface area contributed by atoms with Gasteiger partial charge in [-0.2, -0.15) is 0 Å². The van der Waals surface area contributed by atoms with Crippen LogP contribution in [-0.4, -0.2) is 26.8 Å². The van der Waals surface area contributed by atoms with Crippen LogP contribution in [0.15, 0.2) is 41.7 Å². The van der Waals surface area contributed by atoms with Crippen LogP contribution in [0, 0.1) is 0 Å². The van der Waals surface area contributed by atoms with Crippen LogP contribution >= 0.6 is 0 Å². The first-order valence-electron chi connectivity index (χ1n) is 9.26. The minimum Gasteiger partial charge on any atom is -0.326 e. The van der Waals surface area contributed by atoms with E-state index in [2.05, 4.69) is 21.8 Å². The quantitative estimate of drug-likeness (QED) is 0.930. The Morgan fingerprint density at radius 1 is 1.16 bits per heavy atom. The Kier molecular flexibility index (Phi) is 4.15. The van der Waals surface area contributed by atoms with Gasteiger partial charge in [-0.25, -0.2) is 4.98 Å². The Bertz CT molecular complexity index is 797. The largest absolute Gasteiger partial charge is 0.326 e. The lowest BCUT2D eigenvalue weighted by Crippen LogP contribution is -2.43. The van der Waals surface area contributed by atoms with Gasteiger partial charge in [0.2, 0.25) is 0 Å². The molecule has 0 unspecified atom stereocenters. The van der Waals surface area contributed by atoms with E-state index in [0.29, 0.717) is 5.71 Å².